The first-order valence-electron chi connectivity index (χ1n) is 16.9. The summed E-state index contributed by atoms with van der Waals surface area (Å²) < 4.78 is 6.64. The van der Waals surface area contributed by atoms with Gasteiger partial charge in [-0.25, -0.2) is 9.98 Å². The van der Waals surface area contributed by atoms with Gasteiger partial charge in [-0.1, -0.05) is 127 Å². The number of nitrogens with one attached hydrogen (secondary N) is 1. The third-order valence-corrected chi connectivity index (χ3v) is 9.94. The second kappa shape index (κ2) is 11.2. The predicted molar refractivity (Wildman–Crippen MR) is 204 cm³/mol. The zero-order valence-corrected chi connectivity index (χ0v) is 26.7. The number of benzene rings is 7. The lowest BCUT2D eigenvalue weighted by molar-refractivity contribution is 0.659. The summed E-state index contributed by atoms with van der Waals surface area (Å²) in [5, 5.41) is 13.4. The van der Waals surface area contributed by atoms with Crippen LogP contribution in [0.2, 0.25) is 0 Å². The van der Waals surface area contributed by atoms with Gasteiger partial charge in [0.05, 0.1) is 5.56 Å². The number of fused-ring (bicyclic) bond motifs is 9. The lowest BCUT2D eigenvalue weighted by atomic mass is 9.92. The lowest BCUT2D eigenvalue weighted by Crippen LogP contribution is -2.33. The molecule has 0 saturated heterocycles. The maximum Gasteiger partial charge on any atom is 0.159 e. The molecule has 1 aliphatic carbocycles. The maximum absolute atomic E-state index is 6.64. The second-order valence-electron chi connectivity index (χ2n) is 12.9. The summed E-state index contributed by atoms with van der Waals surface area (Å²) in [6, 6.07) is 47.5. The van der Waals surface area contributed by atoms with E-state index in [4.69, 9.17) is 14.4 Å². The SMILES string of the molecule is C1=CC(C2=NC(c3ccccc3)NC(c3cccc4c3oc3ccc(-c5ccc6c7ccccc7c7ccccc7c6c5)cc34)=N2)=CCC1. The topological polar surface area (TPSA) is 49.9 Å². The van der Waals surface area contributed by atoms with Crippen molar-refractivity contribution in [2.75, 3.05) is 0 Å². The Balaban J connectivity index is 1.10. The molecule has 2 heterocycles. The van der Waals surface area contributed by atoms with Crippen LogP contribution in [0.5, 0.6) is 0 Å². The van der Waals surface area contributed by atoms with E-state index >= 15 is 0 Å². The Kier molecular flexibility index (Phi) is 6.34. The van der Waals surface area contributed by atoms with Gasteiger partial charge in [0.1, 0.15) is 23.2 Å². The number of aliphatic imine (C=N–C) groups is 2. The third-order valence-electron chi connectivity index (χ3n) is 9.94. The number of rotatable bonds is 4. The Morgan fingerprint density at radius 1 is 0.571 bits per heavy atom. The molecule has 2 aliphatic rings. The molecule has 0 spiro atoms. The molecule has 10 rings (SSSR count). The normalized spacial score (nSPS) is 16.2. The number of allylic oxidation sites excluding steroid dienone is 2. The van der Waals surface area contributed by atoms with Crippen LogP contribution >= 0.6 is 0 Å². The van der Waals surface area contributed by atoms with E-state index in [0.29, 0.717) is 0 Å². The average Bonchev–Trinajstić information content (AvgIpc) is 3.56. The maximum atomic E-state index is 6.64. The summed E-state index contributed by atoms with van der Waals surface area (Å²) in [7, 11) is 0. The smallest absolute Gasteiger partial charge is 0.159 e. The molecule has 8 aromatic rings. The lowest BCUT2D eigenvalue weighted by Gasteiger charge is -2.24. The first-order chi connectivity index (χ1) is 24.3. The van der Waals surface area contributed by atoms with Gasteiger partial charge in [-0.15, -0.1) is 0 Å². The molecule has 49 heavy (non-hydrogen) atoms. The summed E-state index contributed by atoms with van der Waals surface area (Å²) >= 11 is 0. The number of nitrogens with zero attached hydrogens (tertiary/aromatic N) is 2. The van der Waals surface area contributed by atoms with Crippen molar-refractivity contribution in [2.45, 2.75) is 19.0 Å². The molecule has 0 saturated carbocycles. The van der Waals surface area contributed by atoms with Gasteiger partial charge in [-0.05, 0) is 86.1 Å². The first-order valence-corrected chi connectivity index (χ1v) is 16.9. The Morgan fingerprint density at radius 3 is 1.96 bits per heavy atom. The van der Waals surface area contributed by atoms with Crippen LogP contribution in [0.3, 0.4) is 0 Å². The molecule has 0 fully saturated rings. The minimum Gasteiger partial charge on any atom is -0.455 e. The molecule has 0 bridgehead atoms. The van der Waals surface area contributed by atoms with E-state index in [1.807, 2.05) is 6.07 Å². The number of amidine groups is 2. The third kappa shape index (κ3) is 4.60. The summed E-state index contributed by atoms with van der Waals surface area (Å²) in [5.74, 6) is 1.50. The average molecular weight is 630 g/mol. The van der Waals surface area contributed by atoms with Crippen LogP contribution in [0.25, 0.3) is 65.4 Å². The van der Waals surface area contributed by atoms with Gasteiger partial charge >= 0.3 is 0 Å². The van der Waals surface area contributed by atoms with E-state index in [0.717, 1.165) is 68.7 Å². The van der Waals surface area contributed by atoms with Gasteiger partial charge < -0.3 is 9.73 Å². The van der Waals surface area contributed by atoms with E-state index in [1.165, 1.54) is 37.9 Å². The van der Waals surface area contributed by atoms with Gasteiger partial charge in [0.2, 0.25) is 0 Å². The second-order valence-corrected chi connectivity index (χ2v) is 12.9. The van der Waals surface area contributed by atoms with Crippen molar-refractivity contribution in [3.8, 4) is 11.1 Å². The zero-order valence-electron chi connectivity index (χ0n) is 26.7. The van der Waals surface area contributed by atoms with Gasteiger partial charge in [-0.2, -0.15) is 0 Å². The summed E-state index contributed by atoms with van der Waals surface area (Å²) in [6.07, 6.45) is 8.34. The van der Waals surface area contributed by atoms with Crippen molar-refractivity contribution in [1.82, 2.24) is 5.32 Å². The van der Waals surface area contributed by atoms with Crippen LogP contribution in [-0.2, 0) is 0 Å². The molecule has 232 valence electrons. The molecule has 0 amide bonds. The fourth-order valence-corrected chi connectivity index (χ4v) is 7.55. The number of hydrogen-bond donors (Lipinski definition) is 1. The molecule has 4 nitrogen and oxygen atoms in total. The standard InChI is InChI=1S/C45H31N3O/c1-3-12-28(13-4-1)43-46-44(29-14-5-2-6-15-29)48-45(47-43)38-21-11-20-37-40-27-31(23-25-41(40)49-42(37)38)30-22-24-36-34-18-8-7-16-32(34)33-17-9-10-19-35(33)39(36)26-30/h1,3-5,7-27,43H,2,6H2,(H,46,47,48). The van der Waals surface area contributed by atoms with Crippen molar-refractivity contribution >= 4 is 65.9 Å². The largest absolute Gasteiger partial charge is 0.455 e. The van der Waals surface area contributed by atoms with Crippen LogP contribution in [0.1, 0.15) is 30.1 Å². The van der Waals surface area contributed by atoms with E-state index < -0.39 is 0 Å². The molecular formula is C45H31N3O. The molecule has 1 N–H and O–H groups in total. The molecular weight excluding hydrogens is 599 g/mol. The molecule has 7 aromatic carbocycles. The Hall–Kier alpha value is -6.26. The Bertz CT molecular complexity index is 2710. The molecule has 1 aliphatic heterocycles. The van der Waals surface area contributed by atoms with Crippen molar-refractivity contribution in [3.05, 3.63) is 168 Å². The van der Waals surface area contributed by atoms with E-state index in [9.17, 15) is 0 Å². The monoisotopic (exact) mass is 629 g/mol. The predicted octanol–water partition coefficient (Wildman–Crippen LogP) is 11.4. The number of para-hydroxylation sites is 1. The summed E-state index contributed by atoms with van der Waals surface area (Å²) in [4.78, 5) is 10.1. The molecule has 0 radical (unpaired) electrons. The Morgan fingerprint density at radius 2 is 1.22 bits per heavy atom. The van der Waals surface area contributed by atoms with Crippen molar-refractivity contribution < 1.29 is 4.42 Å². The highest BCUT2D eigenvalue weighted by Gasteiger charge is 2.24. The van der Waals surface area contributed by atoms with Crippen LogP contribution < -0.4 is 5.32 Å². The first kappa shape index (κ1) is 27.8. The van der Waals surface area contributed by atoms with Crippen LogP contribution in [-0.4, -0.2) is 11.7 Å². The van der Waals surface area contributed by atoms with Gasteiger partial charge in [0, 0.05) is 16.3 Å². The van der Waals surface area contributed by atoms with E-state index in [2.05, 4.69) is 151 Å². The van der Waals surface area contributed by atoms with Crippen LogP contribution in [0.4, 0.5) is 0 Å². The van der Waals surface area contributed by atoms with E-state index in [1.54, 1.807) is 0 Å². The quantitative estimate of drug-likeness (QED) is 0.197. The highest BCUT2D eigenvalue weighted by Crippen LogP contribution is 2.39. The van der Waals surface area contributed by atoms with Crippen LogP contribution in [0.15, 0.2) is 172 Å². The van der Waals surface area contributed by atoms with Gasteiger partial charge in [0.25, 0.3) is 0 Å². The van der Waals surface area contributed by atoms with Crippen molar-refractivity contribution in [1.29, 1.82) is 0 Å². The highest BCUT2D eigenvalue weighted by molar-refractivity contribution is 6.26. The Labute approximate surface area is 283 Å². The number of furan rings is 1. The molecule has 1 atom stereocenters. The minimum absolute atomic E-state index is 0.257. The van der Waals surface area contributed by atoms with Gasteiger partial charge in [0.15, 0.2) is 5.84 Å². The van der Waals surface area contributed by atoms with Gasteiger partial charge in [-0.3, -0.25) is 0 Å². The van der Waals surface area contributed by atoms with Crippen molar-refractivity contribution in [2.24, 2.45) is 9.98 Å². The minimum atomic E-state index is -0.257. The fraction of sp³-hybridized carbons (Fsp3) is 0.0667. The van der Waals surface area contributed by atoms with Crippen LogP contribution in [0, 0.1) is 0 Å². The molecule has 1 aromatic heterocycles. The highest BCUT2D eigenvalue weighted by atomic mass is 16.3. The fourth-order valence-electron chi connectivity index (χ4n) is 7.55. The summed E-state index contributed by atoms with van der Waals surface area (Å²) in [6.45, 7) is 0. The molecule has 4 heteroatoms. The number of hydrogen-bond acceptors (Lipinski definition) is 4. The molecule has 1 unspecified atom stereocenters. The zero-order chi connectivity index (χ0) is 32.3. The van der Waals surface area contributed by atoms with Crippen molar-refractivity contribution in [3.63, 3.8) is 0 Å². The van der Waals surface area contributed by atoms with E-state index in [-0.39, 0.29) is 6.17 Å². The summed E-state index contributed by atoms with van der Waals surface area (Å²) in [5.41, 5.74) is 7.08.